The third-order valence-corrected chi connectivity index (χ3v) is 6.11. The molecule has 0 saturated carbocycles. The number of rotatable bonds is 11. The van der Waals surface area contributed by atoms with Gasteiger partial charge in [-0.05, 0) is 47.4 Å². The molecule has 6 heteroatoms. The minimum atomic E-state index is -0.752. The number of hydrogen-bond donors (Lipinski definition) is 1. The van der Waals surface area contributed by atoms with Crippen LogP contribution in [-0.4, -0.2) is 23.3 Å². The van der Waals surface area contributed by atoms with Gasteiger partial charge in [-0.1, -0.05) is 97.6 Å². The van der Waals surface area contributed by atoms with E-state index in [1.807, 2.05) is 54.6 Å². The molecule has 0 aliphatic carbocycles. The van der Waals surface area contributed by atoms with Crippen molar-refractivity contribution in [3.8, 4) is 0 Å². The van der Waals surface area contributed by atoms with Crippen LogP contribution in [0.5, 0.6) is 0 Å². The number of nitrogens with one attached hydrogen (secondary N) is 1. The maximum Gasteiger partial charge on any atom is 0.247 e. The molecule has 4 nitrogen and oxygen atoms in total. The predicted molar refractivity (Wildman–Crippen MR) is 139 cm³/mol. The molecule has 0 saturated heterocycles. The summed E-state index contributed by atoms with van der Waals surface area (Å²) in [6.07, 6.45) is 3.18. The van der Waals surface area contributed by atoms with Gasteiger partial charge >= 0.3 is 0 Å². The zero-order valence-corrected chi connectivity index (χ0v) is 20.9. The Hall–Kier alpha value is -2.82. The van der Waals surface area contributed by atoms with Crippen molar-refractivity contribution in [2.24, 2.45) is 0 Å². The summed E-state index contributed by atoms with van der Waals surface area (Å²) in [4.78, 5) is 28.8. The van der Waals surface area contributed by atoms with Crippen LogP contribution in [0.1, 0.15) is 48.9 Å². The number of carbonyl (C=O) groups excluding carboxylic acids is 2. The molecule has 0 spiro atoms. The molecule has 0 radical (unpaired) electrons. The summed E-state index contributed by atoms with van der Waals surface area (Å²) in [7, 11) is 0. The van der Waals surface area contributed by atoms with Gasteiger partial charge in [0.1, 0.15) is 6.04 Å². The number of hydrogen-bond acceptors (Lipinski definition) is 2. The Labute approximate surface area is 211 Å². The molecule has 3 aromatic carbocycles. The Balaban J connectivity index is 1.93. The van der Waals surface area contributed by atoms with Crippen molar-refractivity contribution in [2.45, 2.75) is 45.2 Å². The fraction of sp³-hybridized carbons (Fsp3) is 0.286. The first-order valence-corrected chi connectivity index (χ1v) is 12.3. The van der Waals surface area contributed by atoms with Crippen molar-refractivity contribution in [3.63, 3.8) is 0 Å². The van der Waals surface area contributed by atoms with Gasteiger partial charge in [-0.25, -0.2) is 0 Å². The lowest BCUT2D eigenvalue weighted by atomic mass is 10.0. The van der Waals surface area contributed by atoms with Crippen LogP contribution in [0.25, 0.3) is 0 Å². The van der Waals surface area contributed by atoms with Crippen molar-refractivity contribution in [1.29, 1.82) is 0 Å². The molecule has 0 aromatic heterocycles. The average Bonchev–Trinajstić information content (AvgIpc) is 2.85. The lowest BCUT2D eigenvalue weighted by Crippen LogP contribution is -2.44. The molecule has 1 N–H and O–H groups in total. The maximum absolute atomic E-state index is 13.7. The normalized spacial score (nSPS) is 11.6. The second kappa shape index (κ2) is 13.2. The van der Waals surface area contributed by atoms with Gasteiger partial charge < -0.3 is 10.2 Å². The minimum Gasteiger partial charge on any atom is -0.354 e. The average molecular weight is 497 g/mol. The number of amides is 2. The van der Waals surface area contributed by atoms with Crippen LogP contribution in [0.4, 0.5) is 0 Å². The van der Waals surface area contributed by atoms with E-state index < -0.39 is 6.04 Å². The summed E-state index contributed by atoms with van der Waals surface area (Å²) >= 11 is 12.1. The topological polar surface area (TPSA) is 49.4 Å². The van der Waals surface area contributed by atoms with Crippen LogP contribution in [0.2, 0.25) is 10.0 Å². The number of unbranched alkanes of at least 4 members (excludes halogenated alkanes) is 2. The molecule has 3 aromatic rings. The van der Waals surface area contributed by atoms with E-state index >= 15 is 0 Å². The van der Waals surface area contributed by atoms with Crippen molar-refractivity contribution < 1.29 is 9.59 Å². The summed E-state index contributed by atoms with van der Waals surface area (Å²) in [6, 6.07) is 23.3. The SMILES string of the molecule is CCCCCNC(=O)C(c1ccccc1)N(Cc1ccc(Cl)cc1)C(=O)Cc1ccc(Cl)cc1. The first kappa shape index (κ1) is 25.8. The van der Waals surface area contributed by atoms with Gasteiger partial charge in [0.05, 0.1) is 6.42 Å². The largest absolute Gasteiger partial charge is 0.354 e. The van der Waals surface area contributed by atoms with Crippen molar-refractivity contribution in [1.82, 2.24) is 10.2 Å². The van der Waals surface area contributed by atoms with E-state index in [2.05, 4.69) is 12.2 Å². The molecule has 0 aliphatic rings. The highest BCUT2D eigenvalue weighted by Crippen LogP contribution is 2.25. The van der Waals surface area contributed by atoms with Crippen molar-refractivity contribution >= 4 is 35.0 Å². The molecule has 34 heavy (non-hydrogen) atoms. The quantitative estimate of drug-likeness (QED) is 0.303. The molecule has 1 atom stereocenters. The first-order valence-electron chi connectivity index (χ1n) is 11.6. The number of carbonyl (C=O) groups is 2. The number of halogens is 2. The maximum atomic E-state index is 13.7. The van der Waals surface area contributed by atoms with E-state index in [1.165, 1.54) is 0 Å². The summed E-state index contributed by atoms with van der Waals surface area (Å²) in [5.41, 5.74) is 2.51. The van der Waals surface area contributed by atoms with Crippen LogP contribution in [0.15, 0.2) is 78.9 Å². The predicted octanol–water partition coefficient (Wildman–Crippen LogP) is 6.61. The van der Waals surface area contributed by atoms with E-state index in [1.54, 1.807) is 29.2 Å². The summed E-state index contributed by atoms with van der Waals surface area (Å²) in [5.74, 6) is -0.324. The Bertz CT molecular complexity index is 1050. The highest BCUT2D eigenvalue weighted by atomic mass is 35.5. The van der Waals surface area contributed by atoms with Crippen LogP contribution >= 0.6 is 23.2 Å². The minimum absolute atomic E-state index is 0.144. The zero-order chi connectivity index (χ0) is 24.3. The van der Waals surface area contributed by atoms with Crippen LogP contribution in [-0.2, 0) is 22.6 Å². The smallest absolute Gasteiger partial charge is 0.247 e. The van der Waals surface area contributed by atoms with Crippen molar-refractivity contribution in [2.75, 3.05) is 6.54 Å². The van der Waals surface area contributed by atoms with Gasteiger partial charge in [0.25, 0.3) is 0 Å². The number of nitrogens with zero attached hydrogens (tertiary/aromatic N) is 1. The molecule has 2 amide bonds. The fourth-order valence-corrected chi connectivity index (χ4v) is 4.03. The van der Waals surface area contributed by atoms with Gasteiger partial charge in [0.15, 0.2) is 0 Å². The second-order valence-electron chi connectivity index (χ2n) is 8.26. The summed E-state index contributed by atoms with van der Waals surface area (Å²) in [5, 5.41) is 4.28. The molecular weight excluding hydrogens is 467 g/mol. The number of benzene rings is 3. The van der Waals surface area contributed by atoms with Crippen LogP contribution < -0.4 is 5.32 Å². The fourth-order valence-electron chi connectivity index (χ4n) is 3.78. The molecule has 0 aliphatic heterocycles. The molecule has 178 valence electrons. The van der Waals surface area contributed by atoms with E-state index in [0.717, 1.165) is 36.0 Å². The first-order chi connectivity index (χ1) is 16.5. The van der Waals surface area contributed by atoms with Gasteiger partial charge in [-0.2, -0.15) is 0 Å². The highest BCUT2D eigenvalue weighted by Gasteiger charge is 2.31. The van der Waals surface area contributed by atoms with Gasteiger partial charge in [-0.15, -0.1) is 0 Å². The standard InChI is InChI=1S/C28H30Cl2N2O2/c1-2-3-7-18-31-28(34)27(23-8-5-4-6-9-23)32(20-22-12-16-25(30)17-13-22)26(33)19-21-10-14-24(29)15-11-21/h4-6,8-17,27H,2-3,7,18-20H2,1H3,(H,31,34). The van der Waals surface area contributed by atoms with Crippen molar-refractivity contribution in [3.05, 3.63) is 106 Å². The van der Waals surface area contributed by atoms with E-state index in [9.17, 15) is 9.59 Å². The molecule has 0 heterocycles. The molecule has 1 unspecified atom stereocenters. The van der Waals surface area contributed by atoms with E-state index in [0.29, 0.717) is 16.6 Å². The second-order valence-corrected chi connectivity index (χ2v) is 9.14. The van der Waals surface area contributed by atoms with Crippen LogP contribution in [0.3, 0.4) is 0 Å². The lowest BCUT2D eigenvalue weighted by Gasteiger charge is -2.32. The van der Waals surface area contributed by atoms with E-state index in [-0.39, 0.29) is 24.8 Å². The Kier molecular flexibility index (Phi) is 9.99. The molecular formula is C28H30Cl2N2O2. The lowest BCUT2D eigenvalue weighted by molar-refractivity contribution is -0.141. The highest BCUT2D eigenvalue weighted by molar-refractivity contribution is 6.30. The third kappa shape index (κ3) is 7.61. The van der Waals surface area contributed by atoms with Crippen LogP contribution in [0, 0.1) is 0 Å². The van der Waals surface area contributed by atoms with Gasteiger partial charge in [0, 0.05) is 23.1 Å². The third-order valence-electron chi connectivity index (χ3n) is 5.61. The summed E-state index contributed by atoms with van der Waals surface area (Å²) in [6.45, 7) is 2.99. The molecule has 3 rings (SSSR count). The Morgan fingerprint density at radius 2 is 1.41 bits per heavy atom. The Morgan fingerprint density at radius 3 is 2.00 bits per heavy atom. The molecule has 0 fully saturated rings. The Morgan fingerprint density at radius 1 is 0.824 bits per heavy atom. The van der Waals surface area contributed by atoms with Gasteiger partial charge in [-0.3, -0.25) is 9.59 Å². The van der Waals surface area contributed by atoms with Gasteiger partial charge in [0.2, 0.25) is 11.8 Å². The zero-order valence-electron chi connectivity index (χ0n) is 19.3. The molecule has 0 bridgehead atoms. The van der Waals surface area contributed by atoms with E-state index in [4.69, 9.17) is 23.2 Å². The monoisotopic (exact) mass is 496 g/mol. The summed E-state index contributed by atoms with van der Waals surface area (Å²) < 4.78 is 0.